The Morgan fingerprint density at radius 2 is 1.19 bits per heavy atom. The zero-order valence-corrected chi connectivity index (χ0v) is 26.0. The summed E-state index contributed by atoms with van der Waals surface area (Å²) in [7, 11) is 0. The van der Waals surface area contributed by atoms with Gasteiger partial charge in [0.25, 0.3) is 0 Å². The molecule has 0 bridgehead atoms. The lowest BCUT2D eigenvalue weighted by molar-refractivity contribution is 0.668. The molecular weight excluding hydrogens is 593 g/mol. The topological polar surface area (TPSA) is 29.3 Å². The number of hydrogen-bond acceptors (Lipinski definition) is 4. The highest BCUT2D eigenvalue weighted by atomic mass is 32.1. The highest BCUT2D eigenvalue weighted by Gasteiger charge is 2.20. The van der Waals surface area contributed by atoms with Crippen molar-refractivity contribution in [1.29, 1.82) is 0 Å². The molecule has 0 atom stereocenters. The van der Waals surface area contributed by atoms with Gasteiger partial charge in [-0.1, -0.05) is 103 Å². The molecule has 47 heavy (non-hydrogen) atoms. The summed E-state index contributed by atoms with van der Waals surface area (Å²) in [5.41, 5.74) is 8.00. The third-order valence-corrected chi connectivity index (χ3v) is 10.5. The van der Waals surface area contributed by atoms with Crippen molar-refractivity contribution in [3.63, 3.8) is 0 Å². The van der Waals surface area contributed by atoms with Gasteiger partial charge in [-0.25, -0.2) is 4.98 Å². The fraction of sp³-hybridized carbons (Fsp3) is 0. The highest BCUT2D eigenvalue weighted by molar-refractivity contribution is 7.26. The number of rotatable bonds is 4. The summed E-state index contributed by atoms with van der Waals surface area (Å²) in [5, 5.41) is 8.62. The summed E-state index contributed by atoms with van der Waals surface area (Å²) < 4.78 is 8.82. The van der Waals surface area contributed by atoms with Gasteiger partial charge in [0.15, 0.2) is 5.58 Å². The first-order valence-electron chi connectivity index (χ1n) is 15.8. The Bertz CT molecular complexity index is 2810. The first-order chi connectivity index (χ1) is 23.3. The number of para-hydroxylation sites is 1. The summed E-state index contributed by atoms with van der Waals surface area (Å²) in [5.74, 6) is 0. The van der Waals surface area contributed by atoms with Crippen molar-refractivity contribution in [2.75, 3.05) is 4.90 Å². The van der Waals surface area contributed by atoms with E-state index in [1.54, 1.807) is 0 Å². The van der Waals surface area contributed by atoms with Crippen LogP contribution in [0.25, 0.3) is 74.9 Å². The van der Waals surface area contributed by atoms with Crippen LogP contribution in [0.4, 0.5) is 17.1 Å². The molecule has 0 aliphatic carbocycles. The average molecular weight is 619 g/mol. The number of fused-ring (bicyclic) bond motifs is 9. The van der Waals surface area contributed by atoms with Crippen molar-refractivity contribution in [3.8, 4) is 11.1 Å². The molecule has 3 nitrogen and oxygen atoms in total. The summed E-state index contributed by atoms with van der Waals surface area (Å²) in [6.07, 6.45) is 1.97. The lowest BCUT2D eigenvalue weighted by Crippen LogP contribution is -2.10. The molecule has 10 aromatic rings. The van der Waals surface area contributed by atoms with Gasteiger partial charge < -0.3 is 9.32 Å². The van der Waals surface area contributed by atoms with Crippen molar-refractivity contribution in [2.24, 2.45) is 0 Å². The second-order valence-electron chi connectivity index (χ2n) is 12.0. The average Bonchev–Trinajstić information content (AvgIpc) is 3.70. The molecule has 0 spiro atoms. The summed E-state index contributed by atoms with van der Waals surface area (Å²) in [4.78, 5) is 7.27. The number of aromatic nitrogens is 1. The Morgan fingerprint density at radius 3 is 2.09 bits per heavy atom. The van der Waals surface area contributed by atoms with Crippen LogP contribution in [0.3, 0.4) is 0 Å². The molecule has 0 saturated heterocycles. The third-order valence-electron chi connectivity index (χ3n) is 9.29. The Hall–Kier alpha value is -5.97. The molecule has 0 N–H and O–H groups in total. The van der Waals surface area contributed by atoms with Crippen molar-refractivity contribution >= 4 is 92.2 Å². The van der Waals surface area contributed by atoms with Crippen molar-refractivity contribution in [2.45, 2.75) is 0 Å². The zero-order valence-electron chi connectivity index (χ0n) is 25.2. The van der Waals surface area contributed by atoms with Gasteiger partial charge in [-0.15, -0.1) is 11.3 Å². The van der Waals surface area contributed by atoms with Crippen LogP contribution in [-0.2, 0) is 0 Å². The van der Waals surface area contributed by atoms with Crippen LogP contribution in [0.2, 0.25) is 0 Å². The van der Waals surface area contributed by atoms with Gasteiger partial charge in [0.1, 0.15) is 11.1 Å². The second-order valence-corrected chi connectivity index (χ2v) is 13.0. The van der Waals surface area contributed by atoms with E-state index in [-0.39, 0.29) is 0 Å². The van der Waals surface area contributed by atoms with Crippen LogP contribution in [0.1, 0.15) is 0 Å². The SMILES string of the molecule is c1ccc2c(c1)ccc1ccc(-c3ccc(N(c4cnc5c(c4)oc4ccccc45)c4cccc5c4sc4ccccc45)cc3)cc12. The lowest BCUT2D eigenvalue weighted by atomic mass is 9.97. The second kappa shape index (κ2) is 10.3. The van der Waals surface area contributed by atoms with Crippen LogP contribution in [0.15, 0.2) is 162 Å². The number of furan rings is 1. The van der Waals surface area contributed by atoms with Crippen LogP contribution in [0.5, 0.6) is 0 Å². The first kappa shape index (κ1) is 26.3. The lowest BCUT2D eigenvalue weighted by Gasteiger charge is -2.26. The maximum atomic E-state index is 6.31. The number of hydrogen-bond donors (Lipinski definition) is 0. The van der Waals surface area contributed by atoms with E-state index in [0.717, 1.165) is 39.1 Å². The van der Waals surface area contributed by atoms with Crippen molar-refractivity contribution < 1.29 is 4.42 Å². The number of thiophene rings is 1. The summed E-state index contributed by atoms with van der Waals surface area (Å²) in [6.45, 7) is 0. The number of benzene rings is 7. The van der Waals surface area contributed by atoms with E-state index in [4.69, 9.17) is 9.40 Å². The Labute approximate surface area is 274 Å². The molecule has 10 rings (SSSR count). The molecule has 7 aromatic carbocycles. The van der Waals surface area contributed by atoms with Gasteiger partial charge in [-0.2, -0.15) is 0 Å². The quantitative estimate of drug-likeness (QED) is 0.184. The number of nitrogens with zero attached hydrogens (tertiary/aromatic N) is 2. The molecule has 220 valence electrons. The first-order valence-corrected chi connectivity index (χ1v) is 16.6. The van der Waals surface area contributed by atoms with E-state index >= 15 is 0 Å². The van der Waals surface area contributed by atoms with E-state index < -0.39 is 0 Å². The predicted molar refractivity (Wildman–Crippen MR) is 200 cm³/mol. The summed E-state index contributed by atoms with van der Waals surface area (Å²) >= 11 is 1.83. The molecule has 0 aliphatic heterocycles. The molecule has 0 fully saturated rings. The molecule has 3 aromatic heterocycles. The predicted octanol–water partition coefficient (Wildman–Crippen LogP) is 12.8. The van der Waals surface area contributed by atoms with E-state index in [0.29, 0.717) is 0 Å². The number of anilines is 3. The molecule has 0 unspecified atom stereocenters. The Morgan fingerprint density at radius 1 is 0.489 bits per heavy atom. The molecule has 0 aliphatic rings. The van der Waals surface area contributed by atoms with Crippen molar-refractivity contribution in [1.82, 2.24) is 4.98 Å². The molecule has 0 radical (unpaired) electrons. The van der Waals surface area contributed by atoms with Gasteiger partial charge in [0.05, 0.1) is 22.3 Å². The van der Waals surface area contributed by atoms with Gasteiger partial charge in [0.2, 0.25) is 0 Å². The number of pyridine rings is 1. The van der Waals surface area contributed by atoms with Gasteiger partial charge in [-0.05, 0) is 75.1 Å². The van der Waals surface area contributed by atoms with Crippen LogP contribution in [-0.4, -0.2) is 4.98 Å². The standard InChI is InChI=1S/C43H26N2OS/c1-2-9-33-28(8-1)16-17-29-18-19-30(24-37(29)33)27-20-22-31(23-21-27)45(32-25-40-42(44-26-32)36-11-3-5-14-39(36)46-40)38-13-7-12-35-34-10-4-6-15-41(34)47-43(35)38/h1-26H. The maximum absolute atomic E-state index is 6.31. The van der Waals surface area contributed by atoms with E-state index in [1.807, 2.05) is 35.7 Å². The minimum Gasteiger partial charge on any atom is -0.454 e. The van der Waals surface area contributed by atoms with Crippen LogP contribution in [0, 0.1) is 0 Å². The molecule has 3 heterocycles. The van der Waals surface area contributed by atoms with Gasteiger partial charge in [-0.3, -0.25) is 0 Å². The Balaban J connectivity index is 1.15. The molecule has 4 heteroatoms. The monoisotopic (exact) mass is 618 g/mol. The van der Waals surface area contributed by atoms with Crippen molar-refractivity contribution in [3.05, 3.63) is 158 Å². The van der Waals surface area contributed by atoms with Crippen LogP contribution < -0.4 is 4.90 Å². The van der Waals surface area contributed by atoms with Gasteiger partial charge >= 0.3 is 0 Å². The van der Waals surface area contributed by atoms with Crippen LogP contribution >= 0.6 is 11.3 Å². The molecule has 0 amide bonds. The maximum Gasteiger partial charge on any atom is 0.155 e. The van der Waals surface area contributed by atoms with E-state index in [2.05, 4.69) is 138 Å². The summed E-state index contributed by atoms with van der Waals surface area (Å²) in [6, 6.07) is 54.2. The molecule has 0 saturated carbocycles. The minimum atomic E-state index is 0.775. The zero-order chi connectivity index (χ0) is 30.9. The normalized spacial score (nSPS) is 11.8. The largest absolute Gasteiger partial charge is 0.454 e. The third kappa shape index (κ3) is 4.16. The Kier molecular flexibility index (Phi) is 5.74. The fourth-order valence-corrected chi connectivity index (χ4v) is 8.23. The van der Waals surface area contributed by atoms with Gasteiger partial charge in [0, 0.05) is 32.6 Å². The fourth-order valence-electron chi connectivity index (χ4n) is 7.03. The minimum absolute atomic E-state index is 0.775. The van der Waals surface area contributed by atoms with E-state index in [9.17, 15) is 0 Å². The highest BCUT2D eigenvalue weighted by Crippen LogP contribution is 2.45. The smallest absolute Gasteiger partial charge is 0.155 e. The van der Waals surface area contributed by atoms with E-state index in [1.165, 1.54) is 52.8 Å². The molecular formula is C43H26N2OS.